The normalized spacial score (nSPS) is 16.0. The van der Waals surface area contributed by atoms with Crippen LogP contribution < -0.4 is 0 Å². The number of ketones is 1. The Morgan fingerprint density at radius 2 is 1.38 bits per heavy atom. The maximum absolute atomic E-state index is 11.0. The van der Waals surface area contributed by atoms with Crippen LogP contribution in [-0.2, 0) is 4.79 Å². The molecule has 1 aromatic rings. The van der Waals surface area contributed by atoms with Gasteiger partial charge in [0.25, 0.3) is 0 Å². The molecule has 0 aliphatic heterocycles. The fraction of sp³-hybridized carbons (Fsp3) is 0.250. The highest BCUT2D eigenvalue weighted by Gasteiger charge is 1.87. The van der Waals surface area contributed by atoms with E-state index in [9.17, 15) is 4.79 Å². The van der Waals surface area contributed by atoms with E-state index < -0.39 is 0 Å². The molecule has 0 heterocycles. The minimum Gasteiger partial charge on any atom is -0.290 e. The minimum atomic E-state index is 0.0198. The Hall–Kier alpha value is -2.15. The Morgan fingerprint density at radius 3 is 1.86 bits per heavy atom. The first kappa shape index (κ1) is 16.9. The number of allylic oxidation sites excluding steroid dienone is 7. The van der Waals surface area contributed by atoms with Crippen molar-refractivity contribution in [2.45, 2.75) is 32.6 Å². The summed E-state index contributed by atoms with van der Waals surface area (Å²) in [7, 11) is 0. The molecule has 1 nitrogen and oxygen atoms in total. The van der Waals surface area contributed by atoms with Crippen molar-refractivity contribution < 1.29 is 4.79 Å². The van der Waals surface area contributed by atoms with Crippen LogP contribution >= 0.6 is 0 Å². The molecule has 0 saturated heterocycles. The Kier molecular flexibility index (Phi) is 9.38. The lowest BCUT2D eigenvalue weighted by atomic mass is 10.1. The second kappa shape index (κ2) is 11.7. The molecule has 21 heavy (non-hydrogen) atoms. The topological polar surface area (TPSA) is 17.1 Å². The van der Waals surface area contributed by atoms with Crippen molar-refractivity contribution in [3.05, 3.63) is 78.4 Å². The maximum Gasteiger partial charge on any atom is 0.178 e. The molecule has 1 aromatic carbocycles. The van der Waals surface area contributed by atoms with Crippen LogP contribution in [0, 0.1) is 0 Å². The third-order valence-corrected chi connectivity index (χ3v) is 2.90. The molecule has 1 heteroatoms. The Labute approximate surface area is 128 Å². The Bertz CT molecular complexity index is 478. The van der Waals surface area contributed by atoms with Crippen LogP contribution in [0.2, 0.25) is 0 Å². The van der Waals surface area contributed by atoms with E-state index in [1.165, 1.54) is 25.7 Å². The van der Waals surface area contributed by atoms with Gasteiger partial charge in [0.1, 0.15) is 0 Å². The van der Waals surface area contributed by atoms with Crippen LogP contribution in [0.15, 0.2) is 72.9 Å². The van der Waals surface area contributed by atoms with E-state index in [2.05, 4.69) is 24.3 Å². The standard InChI is InChI=1S/C12H12O.C8H12/c1-2-6-12(13)10-9-11-7-4-3-5-8-11;1-2-4-6-8-7-5-3-1/h2-10H,1H3;1-2,7-8H,3-6H2/b6-2+,10-9+;2-1-,8-7?. The first-order valence-electron chi connectivity index (χ1n) is 7.52. The van der Waals surface area contributed by atoms with Crippen molar-refractivity contribution in [3.63, 3.8) is 0 Å². The summed E-state index contributed by atoms with van der Waals surface area (Å²) in [5.41, 5.74) is 1.04. The number of carbonyl (C=O) groups excluding carboxylic acids is 1. The fourth-order valence-electron chi connectivity index (χ4n) is 1.82. The largest absolute Gasteiger partial charge is 0.290 e. The van der Waals surface area contributed by atoms with Gasteiger partial charge < -0.3 is 0 Å². The van der Waals surface area contributed by atoms with Gasteiger partial charge in [-0.3, -0.25) is 4.79 Å². The van der Waals surface area contributed by atoms with Gasteiger partial charge in [-0.25, -0.2) is 0 Å². The quantitative estimate of drug-likeness (QED) is 0.526. The van der Waals surface area contributed by atoms with E-state index in [-0.39, 0.29) is 5.78 Å². The Morgan fingerprint density at radius 1 is 0.857 bits per heavy atom. The summed E-state index contributed by atoms with van der Waals surface area (Å²) in [5.74, 6) is 0.0198. The molecule has 0 radical (unpaired) electrons. The van der Waals surface area contributed by atoms with E-state index in [0.717, 1.165) is 5.56 Å². The van der Waals surface area contributed by atoms with Gasteiger partial charge in [0.15, 0.2) is 5.78 Å². The molecule has 0 unspecified atom stereocenters. The lowest BCUT2D eigenvalue weighted by Crippen LogP contribution is -1.83. The van der Waals surface area contributed by atoms with Crippen LogP contribution in [0.3, 0.4) is 0 Å². The maximum atomic E-state index is 11.0. The van der Waals surface area contributed by atoms with Crippen LogP contribution in [-0.4, -0.2) is 5.78 Å². The number of rotatable bonds is 3. The molecule has 0 spiro atoms. The third-order valence-electron chi connectivity index (χ3n) is 2.90. The molecule has 1 aliphatic rings. The predicted molar refractivity (Wildman–Crippen MR) is 92.0 cm³/mol. The average Bonchev–Trinajstić information content (AvgIpc) is 2.46. The zero-order valence-corrected chi connectivity index (χ0v) is 12.7. The average molecular weight is 280 g/mol. The van der Waals surface area contributed by atoms with Crippen LogP contribution in [0.1, 0.15) is 38.2 Å². The SMILES string of the molecule is C/C=C/C(=O)/C=C/c1ccccc1.C1=CCC/C=C\CC1. The van der Waals surface area contributed by atoms with Gasteiger partial charge >= 0.3 is 0 Å². The van der Waals surface area contributed by atoms with Crippen LogP contribution in [0.4, 0.5) is 0 Å². The zero-order valence-electron chi connectivity index (χ0n) is 12.7. The number of hydrogen-bond donors (Lipinski definition) is 0. The summed E-state index contributed by atoms with van der Waals surface area (Å²) in [6.45, 7) is 1.83. The highest BCUT2D eigenvalue weighted by molar-refractivity contribution is 6.01. The fourth-order valence-corrected chi connectivity index (χ4v) is 1.82. The van der Waals surface area contributed by atoms with Crippen LogP contribution in [0.5, 0.6) is 0 Å². The molecule has 1 aliphatic carbocycles. The molecule has 0 fully saturated rings. The van der Waals surface area contributed by atoms with Gasteiger partial charge in [0.05, 0.1) is 0 Å². The highest BCUT2D eigenvalue weighted by Crippen LogP contribution is 2.02. The monoisotopic (exact) mass is 280 g/mol. The molecule has 0 N–H and O–H groups in total. The molecule has 0 aromatic heterocycles. The number of carbonyl (C=O) groups is 1. The smallest absolute Gasteiger partial charge is 0.178 e. The molecular weight excluding hydrogens is 256 g/mol. The van der Waals surface area contributed by atoms with E-state index in [1.54, 1.807) is 18.2 Å². The van der Waals surface area contributed by atoms with E-state index in [0.29, 0.717) is 0 Å². The third kappa shape index (κ3) is 9.39. The first-order valence-corrected chi connectivity index (χ1v) is 7.52. The molecule has 0 amide bonds. The van der Waals surface area contributed by atoms with Gasteiger partial charge in [-0.1, -0.05) is 66.8 Å². The van der Waals surface area contributed by atoms with E-state index in [4.69, 9.17) is 0 Å². The minimum absolute atomic E-state index is 0.0198. The summed E-state index contributed by atoms with van der Waals surface area (Å²) in [6, 6.07) is 9.75. The predicted octanol–water partition coefficient (Wildman–Crippen LogP) is 5.52. The number of hydrogen-bond acceptors (Lipinski definition) is 1. The van der Waals surface area contributed by atoms with E-state index in [1.807, 2.05) is 43.3 Å². The van der Waals surface area contributed by atoms with Gasteiger partial charge in [0, 0.05) is 0 Å². The second-order valence-electron chi connectivity index (χ2n) is 4.74. The summed E-state index contributed by atoms with van der Waals surface area (Å²) in [4.78, 5) is 11.0. The summed E-state index contributed by atoms with van der Waals surface area (Å²) >= 11 is 0. The molecular formula is C20H24O. The first-order chi connectivity index (χ1) is 10.3. The lowest BCUT2D eigenvalue weighted by Gasteiger charge is -1.92. The van der Waals surface area contributed by atoms with Crippen molar-refractivity contribution in [1.29, 1.82) is 0 Å². The second-order valence-corrected chi connectivity index (χ2v) is 4.74. The van der Waals surface area contributed by atoms with Gasteiger partial charge in [0.2, 0.25) is 0 Å². The van der Waals surface area contributed by atoms with Crippen molar-refractivity contribution in [2.75, 3.05) is 0 Å². The van der Waals surface area contributed by atoms with Gasteiger partial charge in [-0.2, -0.15) is 0 Å². The molecule has 0 atom stereocenters. The lowest BCUT2D eigenvalue weighted by molar-refractivity contribution is -0.110. The van der Waals surface area contributed by atoms with Gasteiger partial charge in [-0.15, -0.1) is 0 Å². The summed E-state index contributed by atoms with van der Waals surface area (Å²) in [5, 5.41) is 0. The van der Waals surface area contributed by atoms with Crippen molar-refractivity contribution >= 4 is 11.9 Å². The Balaban J connectivity index is 0.000000235. The molecule has 0 saturated carbocycles. The summed E-state index contributed by atoms with van der Waals surface area (Å²) in [6.07, 6.45) is 20.6. The molecule has 110 valence electrons. The van der Waals surface area contributed by atoms with Crippen molar-refractivity contribution in [1.82, 2.24) is 0 Å². The highest BCUT2D eigenvalue weighted by atomic mass is 16.1. The van der Waals surface area contributed by atoms with Gasteiger partial charge in [-0.05, 0) is 50.3 Å². The number of benzene rings is 1. The van der Waals surface area contributed by atoms with Crippen LogP contribution in [0.25, 0.3) is 6.08 Å². The summed E-state index contributed by atoms with van der Waals surface area (Å²) < 4.78 is 0. The van der Waals surface area contributed by atoms with E-state index >= 15 is 0 Å². The van der Waals surface area contributed by atoms with Crippen molar-refractivity contribution in [2.24, 2.45) is 0 Å². The zero-order chi connectivity index (χ0) is 15.2. The van der Waals surface area contributed by atoms with Crippen molar-refractivity contribution in [3.8, 4) is 0 Å². The molecule has 2 rings (SSSR count). The molecule has 0 bridgehead atoms.